The van der Waals surface area contributed by atoms with Crippen molar-refractivity contribution < 1.29 is 25.2 Å². The largest absolute Gasteiger partial charge is 0.508 e. The lowest BCUT2D eigenvalue weighted by atomic mass is 9.82. The fraction of sp³-hybridized carbons (Fsp3) is 0.500. The molecule has 0 aliphatic heterocycles. The third-order valence-electron chi connectivity index (χ3n) is 3.69. The summed E-state index contributed by atoms with van der Waals surface area (Å²) in [4.78, 5) is 12.1. The topological polar surface area (TPSA) is 98.0 Å². The number of Topliss-reactive ketones (excluding diaryl/α,β-unsaturated/α-hetero) is 1. The van der Waals surface area contributed by atoms with Gasteiger partial charge in [-0.1, -0.05) is 19.3 Å². The van der Waals surface area contributed by atoms with E-state index in [1.54, 1.807) is 0 Å². The highest BCUT2D eigenvalue weighted by Gasteiger charge is 2.31. The first-order valence-electron chi connectivity index (χ1n) is 6.48. The normalized spacial score (nSPS) is 18.2. The standard InChI is InChI=1S/C14H18O5/c15-9-6-10(16)12(11(17)7-9)14(19)13(18)8-4-2-1-3-5-8/h6-8,13,15-18H,1-5H2. The van der Waals surface area contributed by atoms with Gasteiger partial charge in [-0.15, -0.1) is 0 Å². The second kappa shape index (κ2) is 5.48. The molecule has 4 N–H and O–H groups in total. The van der Waals surface area contributed by atoms with Crippen LogP contribution in [0.3, 0.4) is 0 Å². The summed E-state index contributed by atoms with van der Waals surface area (Å²) >= 11 is 0. The van der Waals surface area contributed by atoms with Crippen molar-refractivity contribution in [3.05, 3.63) is 17.7 Å². The summed E-state index contributed by atoms with van der Waals surface area (Å²) < 4.78 is 0. The Balaban J connectivity index is 2.23. The molecule has 0 heterocycles. The summed E-state index contributed by atoms with van der Waals surface area (Å²) in [6, 6.07) is 1.95. The molecule has 0 saturated heterocycles. The maximum absolute atomic E-state index is 12.1. The molecule has 104 valence electrons. The summed E-state index contributed by atoms with van der Waals surface area (Å²) in [5, 5.41) is 38.5. The van der Waals surface area contributed by atoms with E-state index >= 15 is 0 Å². The predicted molar refractivity (Wildman–Crippen MR) is 68.3 cm³/mol. The molecule has 1 aliphatic rings. The number of carbonyl (C=O) groups excluding carboxylic acids is 1. The lowest BCUT2D eigenvalue weighted by Crippen LogP contribution is -2.31. The minimum Gasteiger partial charge on any atom is -0.508 e. The number of phenols is 3. The number of ketones is 1. The number of hydrogen-bond acceptors (Lipinski definition) is 5. The molecule has 1 aromatic carbocycles. The van der Waals surface area contributed by atoms with E-state index in [4.69, 9.17) is 0 Å². The minimum atomic E-state index is -1.22. The Bertz CT molecular complexity index is 454. The Morgan fingerprint density at radius 1 is 1.05 bits per heavy atom. The first-order chi connectivity index (χ1) is 9.00. The summed E-state index contributed by atoms with van der Waals surface area (Å²) in [6.07, 6.45) is 3.37. The van der Waals surface area contributed by atoms with Crippen molar-refractivity contribution in [2.45, 2.75) is 38.2 Å². The molecule has 1 aliphatic carbocycles. The van der Waals surface area contributed by atoms with Crippen LogP contribution in [-0.4, -0.2) is 32.3 Å². The molecule has 1 fully saturated rings. The maximum Gasteiger partial charge on any atom is 0.199 e. The predicted octanol–water partition coefficient (Wildman–Crippen LogP) is 1.93. The number of carbonyl (C=O) groups is 1. The Hall–Kier alpha value is -1.75. The van der Waals surface area contributed by atoms with Gasteiger partial charge in [0.2, 0.25) is 0 Å². The van der Waals surface area contributed by atoms with Gasteiger partial charge in [-0.05, 0) is 18.8 Å². The van der Waals surface area contributed by atoms with Crippen LogP contribution in [0, 0.1) is 5.92 Å². The molecule has 19 heavy (non-hydrogen) atoms. The molecule has 5 nitrogen and oxygen atoms in total. The van der Waals surface area contributed by atoms with Crippen LogP contribution < -0.4 is 0 Å². The number of phenolic OH excluding ortho intramolecular Hbond substituents is 3. The third-order valence-corrected chi connectivity index (χ3v) is 3.69. The van der Waals surface area contributed by atoms with Gasteiger partial charge in [0.25, 0.3) is 0 Å². The van der Waals surface area contributed by atoms with E-state index in [2.05, 4.69) is 0 Å². The van der Waals surface area contributed by atoms with Crippen molar-refractivity contribution >= 4 is 5.78 Å². The van der Waals surface area contributed by atoms with E-state index in [-0.39, 0.29) is 17.2 Å². The van der Waals surface area contributed by atoms with Crippen molar-refractivity contribution in [2.24, 2.45) is 5.92 Å². The van der Waals surface area contributed by atoms with Gasteiger partial charge in [0.1, 0.15) is 28.9 Å². The number of aliphatic hydroxyl groups is 1. The molecule has 0 amide bonds. The molecular weight excluding hydrogens is 248 g/mol. The zero-order valence-electron chi connectivity index (χ0n) is 10.5. The average Bonchev–Trinajstić information content (AvgIpc) is 2.37. The van der Waals surface area contributed by atoms with Gasteiger partial charge >= 0.3 is 0 Å². The van der Waals surface area contributed by atoms with Crippen molar-refractivity contribution in [1.82, 2.24) is 0 Å². The van der Waals surface area contributed by atoms with Gasteiger partial charge in [0, 0.05) is 12.1 Å². The molecule has 2 rings (SSSR count). The van der Waals surface area contributed by atoms with E-state index in [0.717, 1.165) is 44.2 Å². The zero-order valence-corrected chi connectivity index (χ0v) is 10.5. The number of benzene rings is 1. The van der Waals surface area contributed by atoms with E-state index < -0.39 is 23.4 Å². The number of hydrogen-bond donors (Lipinski definition) is 4. The van der Waals surface area contributed by atoms with Crippen LogP contribution in [0.5, 0.6) is 17.2 Å². The lowest BCUT2D eigenvalue weighted by Gasteiger charge is -2.25. The Morgan fingerprint density at radius 2 is 1.58 bits per heavy atom. The number of aromatic hydroxyl groups is 3. The smallest absolute Gasteiger partial charge is 0.199 e. The van der Waals surface area contributed by atoms with Crippen LogP contribution in [0.2, 0.25) is 0 Å². The average molecular weight is 266 g/mol. The Morgan fingerprint density at radius 3 is 2.11 bits per heavy atom. The van der Waals surface area contributed by atoms with Crippen molar-refractivity contribution in [3.63, 3.8) is 0 Å². The fourth-order valence-corrected chi connectivity index (χ4v) is 2.66. The van der Waals surface area contributed by atoms with Crippen LogP contribution in [0.25, 0.3) is 0 Å². The molecule has 1 unspecified atom stereocenters. The maximum atomic E-state index is 12.1. The van der Waals surface area contributed by atoms with Gasteiger partial charge in [-0.2, -0.15) is 0 Å². The van der Waals surface area contributed by atoms with Crippen LogP contribution in [-0.2, 0) is 0 Å². The van der Waals surface area contributed by atoms with E-state index in [1.165, 1.54) is 0 Å². The highest BCUT2D eigenvalue weighted by atomic mass is 16.3. The molecule has 1 atom stereocenters. The first kappa shape index (κ1) is 13.7. The summed E-state index contributed by atoms with van der Waals surface area (Å²) in [7, 11) is 0. The van der Waals surface area contributed by atoms with E-state index in [9.17, 15) is 25.2 Å². The van der Waals surface area contributed by atoms with Crippen molar-refractivity contribution in [1.29, 1.82) is 0 Å². The van der Waals surface area contributed by atoms with E-state index in [1.807, 2.05) is 0 Å². The molecule has 1 aromatic rings. The molecule has 1 saturated carbocycles. The van der Waals surface area contributed by atoms with Crippen molar-refractivity contribution in [3.8, 4) is 17.2 Å². The highest BCUT2D eigenvalue weighted by Crippen LogP contribution is 2.35. The number of aliphatic hydroxyl groups excluding tert-OH is 1. The minimum absolute atomic E-state index is 0.131. The van der Waals surface area contributed by atoms with E-state index in [0.29, 0.717) is 0 Å². The van der Waals surface area contributed by atoms with Crippen LogP contribution >= 0.6 is 0 Å². The molecule has 0 spiro atoms. The van der Waals surface area contributed by atoms with Gasteiger partial charge in [-0.25, -0.2) is 0 Å². The van der Waals surface area contributed by atoms with Gasteiger partial charge in [0.15, 0.2) is 5.78 Å². The Labute approximate surface area is 111 Å². The SMILES string of the molecule is O=C(c1c(O)cc(O)cc1O)C(O)C1CCCCC1. The second-order valence-corrected chi connectivity index (χ2v) is 5.07. The number of rotatable bonds is 3. The Kier molecular flexibility index (Phi) is 3.95. The molecule has 0 radical (unpaired) electrons. The third kappa shape index (κ3) is 2.81. The van der Waals surface area contributed by atoms with Gasteiger partial charge < -0.3 is 20.4 Å². The van der Waals surface area contributed by atoms with Crippen LogP contribution in [0.4, 0.5) is 0 Å². The zero-order chi connectivity index (χ0) is 14.0. The van der Waals surface area contributed by atoms with Crippen LogP contribution in [0.15, 0.2) is 12.1 Å². The molecule has 5 heteroatoms. The van der Waals surface area contributed by atoms with Crippen molar-refractivity contribution in [2.75, 3.05) is 0 Å². The molecule has 0 aromatic heterocycles. The summed E-state index contributed by atoms with van der Waals surface area (Å²) in [5.41, 5.74) is -0.323. The first-order valence-corrected chi connectivity index (χ1v) is 6.48. The molecule has 0 bridgehead atoms. The summed E-state index contributed by atoms with van der Waals surface area (Å²) in [6.45, 7) is 0. The fourth-order valence-electron chi connectivity index (χ4n) is 2.66. The quantitative estimate of drug-likeness (QED) is 0.627. The highest BCUT2D eigenvalue weighted by molar-refractivity contribution is 6.04. The van der Waals surface area contributed by atoms with Gasteiger partial charge in [-0.3, -0.25) is 4.79 Å². The van der Waals surface area contributed by atoms with Gasteiger partial charge in [0.05, 0.1) is 0 Å². The molecular formula is C14H18O5. The second-order valence-electron chi connectivity index (χ2n) is 5.07. The monoisotopic (exact) mass is 266 g/mol. The summed E-state index contributed by atoms with van der Waals surface area (Å²) in [5.74, 6) is -2.19. The van der Waals surface area contributed by atoms with Crippen LogP contribution in [0.1, 0.15) is 42.5 Å². The lowest BCUT2D eigenvalue weighted by molar-refractivity contribution is 0.0529.